The third-order valence-electron chi connectivity index (χ3n) is 4.31. The van der Waals surface area contributed by atoms with E-state index in [9.17, 15) is 9.59 Å². The predicted molar refractivity (Wildman–Crippen MR) is 111 cm³/mol. The Bertz CT molecular complexity index is 750. The fourth-order valence-electron chi connectivity index (χ4n) is 2.91. The van der Waals surface area contributed by atoms with Crippen LogP contribution in [0.3, 0.4) is 0 Å². The highest BCUT2D eigenvalue weighted by molar-refractivity contribution is 6.30. The van der Waals surface area contributed by atoms with Crippen molar-refractivity contribution < 1.29 is 14.3 Å². The highest BCUT2D eigenvalue weighted by Gasteiger charge is 2.29. The van der Waals surface area contributed by atoms with E-state index in [1.165, 1.54) is 6.92 Å². The van der Waals surface area contributed by atoms with Crippen LogP contribution in [-0.4, -0.2) is 36.5 Å². The van der Waals surface area contributed by atoms with Crippen LogP contribution in [0.15, 0.2) is 54.6 Å². The first kappa shape index (κ1) is 21.9. The van der Waals surface area contributed by atoms with Gasteiger partial charge >= 0.3 is 0 Å². The van der Waals surface area contributed by atoms with Gasteiger partial charge in [0.15, 0.2) is 0 Å². The first-order valence-corrected chi connectivity index (χ1v) is 9.82. The molecule has 2 amide bonds. The average Bonchev–Trinajstić information content (AvgIpc) is 2.69. The summed E-state index contributed by atoms with van der Waals surface area (Å²) in [6, 6.07) is 15.9. The summed E-state index contributed by atoms with van der Waals surface area (Å²) in [6.45, 7) is 5.47. The van der Waals surface area contributed by atoms with Gasteiger partial charge in [0, 0.05) is 38.2 Å². The molecule has 0 aliphatic carbocycles. The second-order valence-electron chi connectivity index (χ2n) is 6.43. The number of nitrogens with one attached hydrogen (secondary N) is 1. The predicted octanol–water partition coefficient (Wildman–Crippen LogP) is 3.97. The first-order chi connectivity index (χ1) is 13.5. The van der Waals surface area contributed by atoms with Crippen LogP contribution in [0.1, 0.15) is 37.4 Å². The summed E-state index contributed by atoms with van der Waals surface area (Å²) in [6.07, 6.45) is 0.721. The molecule has 150 valence electrons. The fourth-order valence-corrected chi connectivity index (χ4v) is 3.03. The number of carbonyl (C=O) groups excluding carboxylic acids is 2. The standard InChI is InChI=1S/C22H27ClN2O3/c1-3-28-15-7-14-24-22(27)21(19-8-5-4-6-9-19)25(17(2)26)16-18-10-12-20(23)13-11-18/h4-6,8-13,21H,3,7,14-16H2,1-2H3,(H,24,27)/t21-/m1/s1. The number of amides is 2. The molecule has 0 radical (unpaired) electrons. The van der Waals surface area contributed by atoms with Gasteiger partial charge in [-0.25, -0.2) is 0 Å². The quantitative estimate of drug-likeness (QED) is 0.611. The van der Waals surface area contributed by atoms with Crippen molar-refractivity contribution in [2.45, 2.75) is 32.9 Å². The molecule has 5 nitrogen and oxygen atoms in total. The van der Waals surface area contributed by atoms with Gasteiger partial charge in [-0.2, -0.15) is 0 Å². The highest BCUT2D eigenvalue weighted by atomic mass is 35.5. The van der Waals surface area contributed by atoms with E-state index in [0.717, 1.165) is 17.5 Å². The maximum Gasteiger partial charge on any atom is 0.247 e. The second kappa shape index (κ2) is 11.5. The molecule has 0 saturated heterocycles. The van der Waals surface area contributed by atoms with Gasteiger partial charge in [-0.3, -0.25) is 9.59 Å². The van der Waals surface area contributed by atoms with Crippen LogP contribution in [0, 0.1) is 0 Å². The number of halogens is 1. The van der Waals surface area contributed by atoms with Crippen LogP contribution in [0.25, 0.3) is 0 Å². The first-order valence-electron chi connectivity index (χ1n) is 9.45. The molecule has 0 heterocycles. The summed E-state index contributed by atoms with van der Waals surface area (Å²) in [7, 11) is 0. The monoisotopic (exact) mass is 402 g/mol. The van der Waals surface area contributed by atoms with Crippen molar-refractivity contribution in [3.63, 3.8) is 0 Å². The lowest BCUT2D eigenvalue weighted by Gasteiger charge is -2.30. The van der Waals surface area contributed by atoms with Crippen molar-refractivity contribution in [2.75, 3.05) is 19.8 Å². The summed E-state index contributed by atoms with van der Waals surface area (Å²) < 4.78 is 5.31. The Balaban J connectivity index is 2.20. The van der Waals surface area contributed by atoms with E-state index >= 15 is 0 Å². The Morgan fingerprint density at radius 1 is 1.11 bits per heavy atom. The Kier molecular flexibility index (Phi) is 8.98. The number of hydrogen-bond acceptors (Lipinski definition) is 3. The molecule has 0 saturated carbocycles. The number of ether oxygens (including phenoxy) is 1. The van der Waals surface area contributed by atoms with Crippen molar-refractivity contribution in [3.05, 3.63) is 70.7 Å². The van der Waals surface area contributed by atoms with Crippen LogP contribution in [0.2, 0.25) is 5.02 Å². The van der Waals surface area contributed by atoms with Crippen molar-refractivity contribution in [3.8, 4) is 0 Å². The topological polar surface area (TPSA) is 58.6 Å². The van der Waals surface area contributed by atoms with Crippen LogP contribution in [-0.2, 0) is 20.9 Å². The molecule has 0 fully saturated rings. The molecule has 0 aliphatic rings. The zero-order valence-electron chi connectivity index (χ0n) is 16.4. The maximum atomic E-state index is 13.0. The zero-order valence-corrected chi connectivity index (χ0v) is 17.1. The van der Waals surface area contributed by atoms with E-state index in [1.807, 2.05) is 49.4 Å². The van der Waals surface area contributed by atoms with Crippen molar-refractivity contribution >= 4 is 23.4 Å². The van der Waals surface area contributed by atoms with E-state index in [-0.39, 0.29) is 11.8 Å². The number of rotatable bonds is 10. The van der Waals surface area contributed by atoms with Gasteiger partial charge in [-0.05, 0) is 36.6 Å². The lowest BCUT2D eigenvalue weighted by atomic mass is 10.0. The SMILES string of the molecule is CCOCCCNC(=O)[C@@H](c1ccccc1)N(Cc1ccc(Cl)cc1)C(C)=O. The number of nitrogens with zero attached hydrogens (tertiary/aromatic N) is 1. The van der Waals surface area contributed by atoms with Crippen molar-refractivity contribution in [1.29, 1.82) is 0 Å². The summed E-state index contributed by atoms with van der Waals surface area (Å²) in [5.74, 6) is -0.375. The molecule has 0 bridgehead atoms. The van der Waals surface area contributed by atoms with Crippen LogP contribution in [0.4, 0.5) is 0 Å². The lowest BCUT2D eigenvalue weighted by molar-refractivity contribution is -0.140. The number of benzene rings is 2. The summed E-state index contributed by atoms with van der Waals surface area (Å²) in [5, 5.41) is 3.57. The number of hydrogen-bond donors (Lipinski definition) is 1. The lowest BCUT2D eigenvalue weighted by Crippen LogP contribution is -2.43. The van der Waals surface area contributed by atoms with Crippen LogP contribution < -0.4 is 5.32 Å². The fraction of sp³-hybridized carbons (Fsp3) is 0.364. The Hall–Kier alpha value is -2.37. The van der Waals surface area contributed by atoms with Gasteiger partial charge in [0.25, 0.3) is 0 Å². The zero-order chi connectivity index (χ0) is 20.4. The summed E-state index contributed by atoms with van der Waals surface area (Å²) in [5.41, 5.74) is 1.68. The molecule has 0 aliphatic heterocycles. The van der Waals surface area contributed by atoms with Gasteiger partial charge in [-0.1, -0.05) is 54.1 Å². The molecule has 0 spiro atoms. The Labute approximate surface area is 171 Å². The summed E-state index contributed by atoms with van der Waals surface area (Å²) >= 11 is 5.96. The second-order valence-corrected chi connectivity index (χ2v) is 6.86. The van der Waals surface area contributed by atoms with Gasteiger partial charge in [0.1, 0.15) is 6.04 Å². The van der Waals surface area contributed by atoms with Gasteiger partial charge in [0.2, 0.25) is 11.8 Å². The van der Waals surface area contributed by atoms with E-state index in [4.69, 9.17) is 16.3 Å². The third kappa shape index (κ3) is 6.66. The van der Waals surface area contributed by atoms with E-state index in [2.05, 4.69) is 5.32 Å². The maximum absolute atomic E-state index is 13.0. The third-order valence-corrected chi connectivity index (χ3v) is 4.57. The molecule has 2 aromatic rings. The highest BCUT2D eigenvalue weighted by Crippen LogP contribution is 2.24. The van der Waals surface area contributed by atoms with E-state index in [0.29, 0.717) is 31.3 Å². The van der Waals surface area contributed by atoms with Crippen molar-refractivity contribution in [2.24, 2.45) is 0 Å². The largest absolute Gasteiger partial charge is 0.382 e. The van der Waals surface area contributed by atoms with E-state index < -0.39 is 6.04 Å². The molecule has 2 aromatic carbocycles. The minimum absolute atomic E-state index is 0.173. The summed E-state index contributed by atoms with van der Waals surface area (Å²) in [4.78, 5) is 27.0. The van der Waals surface area contributed by atoms with E-state index in [1.54, 1.807) is 17.0 Å². The number of carbonyl (C=O) groups is 2. The molecular weight excluding hydrogens is 376 g/mol. The minimum atomic E-state index is -0.707. The smallest absolute Gasteiger partial charge is 0.247 e. The molecule has 1 N–H and O–H groups in total. The van der Waals surface area contributed by atoms with Crippen LogP contribution >= 0.6 is 11.6 Å². The molecule has 0 unspecified atom stereocenters. The van der Waals surface area contributed by atoms with Gasteiger partial charge in [-0.15, -0.1) is 0 Å². The minimum Gasteiger partial charge on any atom is -0.382 e. The molecular formula is C22H27ClN2O3. The van der Waals surface area contributed by atoms with Crippen molar-refractivity contribution in [1.82, 2.24) is 10.2 Å². The van der Waals surface area contributed by atoms with Crippen LogP contribution in [0.5, 0.6) is 0 Å². The Morgan fingerprint density at radius 3 is 2.39 bits per heavy atom. The molecule has 0 aromatic heterocycles. The molecule has 6 heteroatoms. The molecule has 1 atom stereocenters. The van der Waals surface area contributed by atoms with Gasteiger partial charge in [0.05, 0.1) is 0 Å². The van der Waals surface area contributed by atoms with Gasteiger partial charge < -0.3 is 15.0 Å². The average molecular weight is 403 g/mol. The Morgan fingerprint density at radius 2 is 1.79 bits per heavy atom. The molecule has 28 heavy (non-hydrogen) atoms. The normalized spacial score (nSPS) is 11.7. The molecule has 2 rings (SSSR count).